The van der Waals surface area contributed by atoms with Crippen LogP contribution < -0.4 is 5.32 Å². The molecule has 0 saturated heterocycles. The molecule has 0 aliphatic heterocycles. The van der Waals surface area contributed by atoms with Crippen LogP contribution in [-0.2, 0) is 6.42 Å². The first-order chi connectivity index (χ1) is 9.47. The van der Waals surface area contributed by atoms with Crippen LogP contribution in [0.25, 0.3) is 11.5 Å². The average molecular weight is 273 g/mol. The summed E-state index contributed by atoms with van der Waals surface area (Å²) in [6, 6.07) is 4.76. The van der Waals surface area contributed by atoms with E-state index in [4.69, 9.17) is 4.42 Å². The molecule has 2 rings (SSSR count). The van der Waals surface area contributed by atoms with Crippen LogP contribution in [0, 0.1) is 20.8 Å². The van der Waals surface area contributed by atoms with Crippen molar-refractivity contribution < 1.29 is 4.42 Å². The van der Waals surface area contributed by atoms with E-state index in [9.17, 15) is 0 Å². The van der Waals surface area contributed by atoms with Crippen LogP contribution in [-0.4, -0.2) is 22.8 Å². The maximum atomic E-state index is 5.79. The molecule has 0 atom stereocenters. The summed E-state index contributed by atoms with van der Waals surface area (Å²) in [6.45, 7) is 11.4. The molecule has 1 N–H and O–H groups in total. The third-order valence-corrected chi connectivity index (χ3v) is 3.25. The number of benzene rings is 1. The van der Waals surface area contributed by atoms with Gasteiger partial charge in [0.1, 0.15) is 0 Å². The molecule has 1 aromatic heterocycles. The van der Waals surface area contributed by atoms with Crippen molar-refractivity contribution in [2.75, 3.05) is 6.54 Å². The Kier molecular flexibility index (Phi) is 4.55. The van der Waals surface area contributed by atoms with Gasteiger partial charge in [0.25, 0.3) is 0 Å². The first-order valence-corrected chi connectivity index (χ1v) is 7.11. The van der Waals surface area contributed by atoms with Crippen molar-refractivity contribution in [3.05, 3.63) is 34.7 Å². The molecule has 1 heterocycles. The molecule has 4 nitrogen and oxygen atoms in total. The summed E-state index contributed by atoms with van der Waals surface area (Å²) in [5, 5.41) is 11.7. The number of nitrogens with zero attached hydrogens (tertiary/aromatic N) is 2. The van der Waals surface area contributed by atoms with Gasteiger partial charge in [-0.25, -0.2) is 0 Å². The molecule has 0 bridgehead atoms. The second-order valence-electron chi connectivity index (χ2n) is 5.63. The lowest BCUT2D eigenvalue weighted by Gasteiger charge is -2.07. The van der Waals surface area contributed by atoms with Gasteiger partial charge in [-0.15, -0.1) is 10.2 Å². The second kappa shape index (κ2) is 6.18. The van der Waals surface area contributed by atoms with Crippen molar-refractivity contribution in [1.29, 1.82) is 0 Å². The molecule has 4 heteroatoms. The zero-order valence-corrected chi connectivity index (χ0v) is 12.9. The summed E-state index contributed by atoms with van der Waals surface area (Å²) in [5.74, 6) is 1.31. The van der Waals surface area contributed by atoms with Gasteiger partial charge in [0.15, 0.2) is 0 Å². The van der Waals surface area contributed by atoms with Crippen LogP contribution in [0.15, 0.2) is 16.5 Å². The molecular formula is C16H23N3O. The predicted molar refractivity (Wildman–Crippen MR) is 80.8 cm³/mol. The van der Waals surface area contributed by atoms with E-state index in [1.165, 1.54) is 16.7 Å². The van der Waals surface area contributed by atoms with E-state index in [0.717, 1.165) is 18.5 Å². The molecule has 0 amide bonds. The molecule has 0 saturated carbocycles. The minimum absolute atomic E-state index is 0.471. The van der Waals surface area contributed by atoms with E-state index in [0.29, 0.717) is 17.8 Å². The third-order valence-electron chi connectivity index (χ3n) is 3.25. The third kappa shape index (κ3) is 3.45. The molecule has 1 aromatic carbocycles. The Morgan fingerprint density at radius 1 is 1.10 bits per heavy atom. The van der Waals surface area contributed by atoms with E-state index < -0.39 is 0 Å². The quantitative estimate of drug-likeness (QED) is 0.909. The Bertz CT molecular complexity index is 564. The summed E-state index contributed by atoms with van der Waals surface area (Å²) in [5.41, 5.74) is 4.67. The molecule has 0 unspecified atom stereocenters. The van der Waals surface area contributed by atoms with Gasteiger partial charge < -0.3 is 9.73 Å². The van der Waals surface area contributed by atoms with Crippen LogP contribution in [0.1, 0.15) is 36.4 Å². The van der Waals surface area contributed by atoms with E-state index in [1.54, 1.807) is 0 Å². The Morgan fingerprint density at radius 3 is 2.35 bits per heavy atom. The highest BCUT2D eigenvalue weighted by Crippen LogP contribution is 2.27. The van der Waals surface area contributed by atoms with Crippen molar-refractivity contribution in [3.63, 3.8) is 0 Å². The standard InChI is InChI=1S/C16H23N3O/c1-10(2)17-7-6-14-18-19-16(20-14)15-12(4)8-11(3)9-13(15)5/h8-10,17H,6-7H2,1-5H3. The lowest BCUT2D eigenvalue weighted by Crippen LogP contribution is -2.25. The molecule has 2 aromatic rings. The molecule has 0 radical (unpaired) electrons. The van der Waals surface area contributed by atoms with Crippen LogP contribution in [0.4, 0.5) is 0 Å². The van der Waals surface area contributed by atoms with Crippen molar-refractivity contribution in [3.8, 4) is 11.5 Å². The number of aromatic nitrogens is 2. The van der Waals surface area contributed by atoms with Gasteiger partial charge in [-0.05, 0) is 31.9 Å². The SMILES string of the molecule is Cc1cc(C)c(-c2nnc(CCNC(C)C)o2)c(C)c1. The highest BCUT2D eigenvalue weighted by molar-refractivity contribution is 5.63. The van der Waals surface area contributed by atoms with Gasteiger partial charge in [0.05, 0.1) is 0 Å². The Hall–Kier alpha value is -1.68. The maximum Gasteiger partial charge on any atom is 0.248 e. The van der Waals surface area contributed by atoms with Crippen LogP contribution in [0.3, 0.4) is 0 Å². The van der Waals surface area contributed by atoms with Crippen LogP contribution >= 0.6 is 0 Å². The summed E-state index contributed by atoms with van der Waals surface area (Å²) in [4.78, 5) is 0. The van der Waals surface area contributed by atoms with E-state index in [1.807, 2.05) is 0 Å². The summed E-state index contributed by atoms with van der Waals surface area (Å²) < 4.78 is 5.79. The van der Waals surface area contributed by atoms with Crippen LogP contribution in [0.2, 0.25) is 0 Å². The number of nitrogens with one attached hydrogen (secondary N) is 1. The minimum Gasteiger partial charge on any atom is -0.421 e. The number of hydrogen-bond donors (Lipinski definition) is 1. The zero-order valence-electron chi connectivity index (χ0n) is 12.9. The highest BCUT2D eigenvalue weighted by Gasteiger charge is 2.13. The van der Waals surface area contributed by atoms with Gasteiger partial charge in [-0.2, -0.15) is 0 Å². The lowest BCUT2D eigenvalue weighted by molar-refractivity contribution is 0.484. The minimum atomic E-state index is 0.471. The molecule has 0 aliphatic rings. The van der Waals surface area contributed by atoms with E-state index in [-0.39, 0.29) is 0 Å². The number of hydrogen-bond acceptors (Lipinski definition) is 4. The van der Waals surface area contributed by atoms with Crippen molar-refractivity contribution in [1.82, 2.24) is 15.5 Å². The average Bonchev–Trinajstić information content (AvgIpc) is 2.75. The Balaban J connectivity index is 2.17. The normalized spacial score (nSPS) is 11.3. The van der Waals surface area contributed by atoms with Gasteiger partial charge in [0, 0.05) is 24.6 Å². The highest BCUT2D eigenvalue weighted by atomic mass is 16.4. The summed E-state index contributed by atoms with van der Waals surface area (Å²) in [7, 11) is 0. The second-order valence-corrected chi connectivity index (χ2v) is 5.63. The molecular weight excluding hydrogens is 250 g/mol. The first kappa shape index (κ1) is 14.7. The van der Waals surface area contributed by atoms with Crippen LogP contribution in [0.5, 0.6) is 0 Å². The van der Waals surface area contributed by atoms with Gasteiger partial charge >= 0.3 is 0 Å². The van der Waals surface area contributed by atoms with E-state index in [2.05, 4.69) is 62.3 Å². The summed E-state index contributed by atoms with van der Waals surface area (Å²) >= 11 is 0. The Labute approximate surface area is 120 Å². The van der Waals surface area contributed by atoms with Crippen molar-refractivity contribution >= 4 is 0 Å². The van der Waals surface area contributed by atoms with Crippen molar-refractivity contribution in [2.24, 2.45) is 0 Å². The van der Waals surface area contributed by atoms with E-state index >= 15 is 0 Å². The fourth-order valence-electron chi connectivity index (χ4n) is 2.44. The van der Waals surface area contributed by atoms with Gasteiger partial charge in [0.2, 0.25) is 11.8 Å². The first-order valence-electron chi connectivity index (χ1n) is 7.11. The Morgan fingerprint density at radius 2 is 1.75 bits per heavy atom. The molecule has 0 spiro atoms. The monoisotopic (exact) mass is 273 g/mol. The fourth-order valence-corrected chi connectivity index (χ4v) is 2.44. The van der Waals surface area contributed by atoms with Gasteiger partial charge in [-0.1, -0.05) is 31.5 Å². The molecule has 108 valence electrons. The molecule has 20 heavy (non-hydrogen) atoms. The maximum absolute atomic E-state index is 5.79. The topological polar surface area (TPSA) is 51.0 Å². The predicted octanol–water partition coefficient (Wildman–Crippen LogP) is 3.20. The molecule has 0 aliphatic carbocycles. The fraction of sp³-hybridized carbons (Fsp3) is 0.500. The molecule has 0 fully saturated rings. The van der Waals surface area contributed by atoms with Crippen molar-refractivity contribution in [2.45, 2.75) is 47.1 Å². The largest absolute Gasteiger partial charge is 0.421 e. The number of rotatable bonds is 5. The van der Waals surface area contributed by atoms with Gasteiger partial charge in [-0.3, -0.25) is 0 Å². The zero-order chi connectivity index (χ0) is 14.7. The number of aryl methyl sites for hydroxylation is 3. The lowest BCUT2D eigenvalue weighted by atomic mass is 10.00. The summed E-state index contributed by atoms with van der Waals surface area (Å²) in [6.07, 6.45) is 0.759. The smallest absolute Gasteiger partial charge is 0.248 e.